The number of carbonyl (C=O) groups excluding carboxylic acids is 3. The van der Waals surface area contributed by atoms with Gasteiger partial charge in [-0.15, -0.1) is 0 Å². The van der Waals surface area contributed by atoms with Crippen LogP contribution < -0.4 is 43.6 Å². The number of fused-ring (bicyclic) bond motifs is 6. The number of carbonyl (C=O) groups is 3. The lowest BCUT2D eigenvalue weighted by Crippen LogP contribution is -2.56. The van der Waals surface area contributed by atoms with Crippen LogP contribution in [0.5, 0.6) is 29.5 Å². The van der Waals surface area contributed by atoms with Gasteiger partial charge in [0.15, 0.2) is 0 Å². The highest BCUT2D eigenvalue weighted by Gasteiger charge is 2.38. The van der Waals surface area contributed by atoms with E-state index in [9.17, 15) is 29.7 Å². The van der Waals surface area contributed by atoms with E-state index in [1.54, 1.807) is 17.0 Å². The van der Waals surface area contributed by atoms with E-state index < -0.39 is 6.10 Å². The maximum Gasteiger partial charge on any atom is 0.319 e. The Morgan fingerprint density at radius 3 is 1.46 bits per heavy atom. The Kier molecular flexibility index (Phi) is 27.4. The van der Waals surface area contributed by atoms with Crippen LogP contribution in [-0.2, 0) is 53.3 Å². The number of anilines is 6. The average Bonchev–Trinajstić information content (AvgIpc) is 0.879. The number of nitrogens with zero attached hydrogens (tertiary/aromatic N) is 20. The first kappa shape index (κ1) is 86.6. The van der Waals surface area contributed by atoms with Crippen LogP contribution in [0.2, 0.25) is 0 Å². The molecule has 12 heterocycles. The summed E-state index contributed by atoms with van der Waals surface area (Å²) in [6.07, 6.45) is 10.6. The molecule has 6 saturated heterocycles. The number of rotatable bonds is 21. The second-order valence-electron chi connectivity index (χ2n) is 34.6. The predicted octanol–water partition coefficient (Wildman–Crippen LogP) is 9.35. The number of likely N-dealkylation sites (tertiary alicyclic amines) is 2. The quantitative estimate of drug-likeness (QED) is 0.0447. The number of ether oxygens (including phenoxy) is 3. The Labute approximate surface area is 732 Å². The number of aromatic nitrogens is 6. The van der Waals surface area contributed by atoms with E-state index >= 15 is 0 Å². The van der Waals surface area contributed by atoms with E-state index in [1.807, 2.05) is 58.3 Å². The van der Waals surface area contributed by atoms with E-state index in [2.05, 4.69) is 156 Å². The van der Waals surface area contributed by atoms with Crippen LogP contribution in [0.1, 0.15) is 66.4 Å². The van der Waals surface area contributed by atoms with Crippen molar-refractivity contribution in [2.75, 3.05) is 214 Å². The summed E-state index contributed by atoms with van der Waals surface area (Å²) in [5.41, 5.74) is 9.33. The van der Waals surface area contributed by atoms with Crippen LogP contribution in [0.4, 0.5) is 34.5 Å². The third kappa shape index (κ3) is 19.9. The summed E-state index contributed by atoms with van der Waals surface area (Å²) in [6.45, 7) is 39.6. The van der Waals surface area contributed by atoms with E-state index in [0.717, 1.165) is 182 Å². The maximum atomic E-state index is 12.5. The normalized spacial score (nSPS) is 20.5. The summed E-state index contributed by atoms with van der Waals surface area (Å²) in [5.74, 6) is 3.55. The minimum absolute atomic E-state index is 0.0334. The third-order valence-electron chi connectivity index (χ3n) is 26.3. The minimum atomic E-state index is -0.425. The van der Waals surface area contributed by atoms with Crippen LogP contribution in [-0.4, -0.2) is 306 Å². The molecular formula is C96H118N20O9. The van der Waals surface area contributed by atoms with Crippen molar-refractivity contribution >= 4 is 84.6 Å². The van der Waals surface area contributed by atoms with Crippen molar-refractivity contribution in [3.05, 3.63) is 198 Å². The van der Waals surface area contributed by atoms with Gasteiger partial charge in [-0.3, -0.25) is 29.1 Å². The summed E-state index contributed by atoms with van der Waals surface area (Å²) >= 11 is 0. The molecule has 0 saturated carbocycles. The molecule has 6 aromatic carbocycles. The van der Waals surface area contributed by atoms with Crippen molar-refractivity contribution in [2.24, 2.45) is 5.92 Å². The summed E-state index contributed by atoms with van der Waals surface area (Å²) in [5, 5.41) is 37.8. The molecule has 3 amide bonds. The van der Waals surface area contributed by atoms with Gasteiger partial charge in [0.05, 0.1) is 49.4 Å². The zero-order valence-electron chi connectivity index (χ0n) is 72.7. The van der Waals surface area contributed by atoms with Gasteiger partial charge in [-0.2, -0.15) is 29.9 Å². The molecule has 0 radical (unpaired) electrons. The lowest BCUT2D eigenvalue weighted by molar-refractivity contribution is -0.128. The second-order valence-corrected chi connectivity index (χ2v) is 34.6. The molecule has 0 aliphatic carbocycles. The molecule has 5 atom stereocenters. The highest BCUT2D eigenvalue weighted by Crippen LogP contribution is 2.41. The first-order chi connectivity index (χ1) is 60.9. The molecule has 18 rings (SSSR count). The summed E-state index contributed by atoms with van der Waals surface area (Å²) in [6, 6.07) is 39.9. The molecule has 3 aromatic heterocycles. The Morgan fingerprint density at radius 2 is 0.952 bits per heavy atom. The van der Waals surface area contributed by atoms with Gasteiger partial charge in [-0.1, -0.05) is 118 Å². The van der Waals surface area contributed by atoms with Crippen molar-refractivity contribution in [1.82, 2.24) is 64.2 Å². The molecule has 9 aliphatic heterocycles. The van der Waals surface area contributed by atoms with Crippen LogP contribution in [0, 0.1) is 12.5 Å². The predicted molar refractivity (Wildman–Crippen MR) is 490 cm³/mol. The number of benzene rings is 6. The number of phenols is 2. The first-order valence-electron chi connectivity index (χ1n) is 44.4. The molecule has 29 nitrogen and oxygen atoms in total. The first-order valence-corrected chi connectivity index (χ1v) is 44.4. The molecule has 9 aliphatic rings. The van der Waals surface area contributed by atoms with Gasteiger partial charge >= 0.3 is 18.0 Å². The second kappa shape index (κ2) is 39.5. The molecule has 3 N–H and O–H groups in total. The molecule has 125 heavy (non-hydrogen) atoms. The number of aliphatic hydroxyl groups excluding tert-OH is 1. The van der Waals surface area contributed by atoms with Crippen molar-refractivity contribution < 1.29 is 43.9 Å². The minimum Gasteiger partial charge on any atom is -0.508 e. The Balaban J connectivity index is 0.000000138. The largest absolute Gasteiger partial charge is 0.508 e. The standard InChI is InChI=1S/C33H39N7O2.C32H40N6O4.C31H39N7O3/c1-5-31(41)40-16-15-39(20-26(40)18-34-3)32-28-13-14-38(30-12-8-10-24-9-6-7-11-27(24)30)21-29(28)35-33(36-32)42-22-25-17-23(2)19-37(25)4;1-2-30(41)36-14-16-37(17-15-36)31-27-10-13-38(29-19-24(40)18-23-8-4-5-9-26(23)29)21-28(27)33-32(34-31)42-25(22-39)20-35-11-6-3-7-12-35;1-4-29(40)36-13-15-37(16-14-36)30-26-9-10-38(28-18-24(39)17-22-7-5-6-8-25(22)28)20-27(26)32-31(33-30)41-21-23-19-34(2)11-12-35(23)3/h5-12,23,25-26H,1,13-22H2,2,4H3;2,4-5,8-9,18-19,25,39-40H,1,3,6-7,10-17,20-22H2;4-8,17-18,23,39H,1,9-16,19-21H2,2-3H3/t23-,25+,26?;;/m1../s1. The van der Waals surface area contributed by atoms with E-state index in [-0.39, 0.29) is 60.5 Å². The van der Waals surface area contributed by atoms with Crippen LogP contribution in [0.3, 0.4) is 0 Å². The third-order valence-corrected chi connectivity index (χ3v) is 26.3. The van der Waals surface area contributed by atoms with Crippen molar-refractivity contribution in [3.8, 4) is 29.5 Å². The molecule has 3 unspecified atom stereocenters. The van der Waals surface area contributed by atoms with Gasteiger partial charge in [-0.05, 0) is 131 Å². The number of phenolic OH excluding ortho intramolecular Hbond substituents is 2. The maximum absolute atomic E-state index is 12.5. The number of aromatic hydroxyl groups is 2. The SMILES string of the molecule is C=CC(=O)N1CCN(c2nc(OC(CO)CN3CCCCC3)nc3c2CCN(c2cc(O)cc4ccccc24)C3)CC1.C=CC(=O)N1CCN(c2nc(OCC3CN(C)CCN3C)nc3c2CCN(c2cc(O)cc4ccccc24)C3)CC1.[C-]#[N+]CC1CN(c2nc(OC[C@@H]3C[C@@H](C)CN3C)nc3c2CCN(c2cccc4ccccc24)C3)CCN1C(=O)C=C. The Morgan fingerprint density at radius 1 is 0.480 bits per heavy atom. The van der Waals surface area contributed by atoms with Crippen molar-refractivity contribution in [2.45, 2.75) is 95.7 Å². The van der Waals surface area contributed by atoms with Gasteiger partial charge < -0.3 is 83.4 Å². The number of piperidine rings is 1. The van der Waals surface area contributed by atoms with Gasteiger partial charge in [0.2, 0.25) is 24.3 Å². The smallest absolute Gasteiger partial charge is 0.319 e. The number of hydrogen-bond acceptors (Lipinski definition) is 25. The fraction of sp³-hybridized carbons (Fsp3) is 0.458. The van der Waals surface area contributed by atoms with Crippen LogP contribution in [0.25, 0.3) is 37.2 Å². The monoisotopic (exact) mass is 1690 g/mol. The fourth-order valence-corrected chi connectivity index (χ4v) is 19.4. The van der Waals surface area contributed by atoms with Gasteiger partial charge in [-0.25, -0.2) is 6.57 Å². The molecule has 0 bridgehead atoms. The van der Waals surface area contributed by atoms with Crippen molar-refractivity contribution in [3.63, 3.8) is 0 Å². The van der Waals surface area contributed by atoms with Crippen LogP contribution >= 0.6 is 0 Å². The number of likely N-dealkylation sites (N-methyl/N-ethyl adjacent to an activating group) is 3. The summed E-state index contributed by atoms with van der Waals surface area (Å²) in [7, 11) is 6.44. The zero-order valence-corrected chi connectivity index (χ0v) is 72.7. The van der Waals surface area contributed by atoms with E-state index in [0.29, 0.717) is 135 Å². The summed E-state index contributed by atoms with van der Waals surface area (Å²) < 4.78 is 18.9. The van der Waals surface area contributed by atoms with E-state index in [1.165, 1.54) is 41.1 Å². The highest BCUT2D eigenvalue weighted by molar-refractivity contribution is 5.98. The van der Waals surface area contributed by atoms with Crippen LogP contribution in [0.15, 0.2) is 153 Å². The van der Waals surface area contributed by atoms with E-state index in [4.69, 9.17) is 50.7 Å². The van der Waals surface area contributed by atoms with Gasteiger partial charge in [0.1, 0.15) is 54.3 Å². The molecular weight excluding hydrogens is 1580 g/mol. The number of aliphatic hydroxyl groups is 1. The summed E-state index contributed by atoms with van der Waals surface area (Å²) in [4.78, 5) is 98.7. The topological polar surface area (TPSA) is 263 Å². The lowest BCUT2D eigenvalue weighted by Gasteiger charge is -2.41. The Hall–Kier alpha value is -11.9. The zero-order chi connectivity index (χ0) is 86.8. The molecule has 29 heteroatoms. The Bertz CT molecular complexity index is 5430. The fourth-order valence-electron chi connectivity index (χ4n) is 19.4. The highest BCUT2D eigenvalue weighted by atomic mass is 16.5. The number of amides is 3. The van der Waals surface area contributed by atoms with Crippen molar-refractivity contribution in [1.29, 1.82) is 0 Å². The van der Waals surface area contributed by atoms with Gasteiger partial charge in [0.25, 0.3) is 0 Å². The average molecular weight is 1700 g/mol. The lowest BCUT2D eigenvalue weighted by atomic mass is 10.0. The molecule has 9 aromatic rings. The molecule has 0 spiro atoms. The van der Waals surface area contributed by atoms with Gasteiger partial charge in [0, 0.05) is 192 Å². The molecule has 6 fully saturated rings. The number of piperazine rings is 4. The molecule has 656 valence electrons. The number of hydrogen-bond donors (Lipinski definition) is 3.